The zero-order valence-electron chi connectivity index (χ0n) is 17.6. The number of hydrogen-bond donors (Lipinski definition) is 0. The number of aromatic nitrogens is 2. The second-order valence-electron chi connectivity index (χ2n) is 8.11. The van der Waals surface area contributed by atoms with Gasteiger partial charge in [-0.25, -0.2) is 9.97 Å². The van der Waals surface area contributed by atoms with Gasteiger partial charge in [-0.15, -0.1) is 0 Å². The fourth-order valence-corrected chi connectivity index (χ4v) is 5.21. The van der Waals surface area contributed by atoms with Crippen LogP contribution in [-0.4, -0.2) is 65.8 Å². The Labute approximate surface area is 197 Å². The number of likely N-dealkylation sites (tertiary alicyclic amines) is 1. The zero-order chi connectivity index (χ0) is 21.8. The number of carbonyl (C=O) groups excluding carboxylic acids is 1. The quantitative estimate of drug-likeness (QED) is 0.358. The van der Waals surface area contributed by atoms with Crippen molar-refractivity contribution in [2.24, 2.45) is 5.92 Å². The lowest BCUT2D eigenvalue weighted by atomic mass is 9.99. The number of para-hydroxylation sites is 1. The van der Waals surface area contributed by atoms with E-state index in [1.807, 2.05) is 29.2 Å². The second kappa shape index (κ2) is 10.3. The maximum atomic E-state index is 12.5. The van der Waals surface area contributed by atoms with E-state index >= 15 is 0 Å². The largest absolute Gasteiger partial charge is 0.367 e. The van der Waals surface area contributed by atoms with Crippen molar-refractivity contribution in [1.29, 1.82) is 0 Å². The third kappa shape index (κ3) is 5.76. The first-order valence-corrected chi connectivity index (χ1v) is 12.4. The molecule has 2 saturated heterocycles. The SMILES string of the molecule is CC1CCN(C(=O)CSc2nc(Cl)cc(N3CCN(c4ccccc4Cl)CC3)n2)CC1. The van der Waals surface area contributed by atoms with Gasteiger partial charge >= 0.3 is 0 Å². The average molecular weight is 480 g/mol. The van der Waals surface area contributed by atoms with E-state index in [9.17, 15) is 4.79 Å². The Morgan fingerprint density at radius 1 is 1.03 bits per heavy atom. The highest BCUT2D eigenvalue weighted by molar-refractivity contribution is 7.99. The van der Waals surface area contributed by atoms with E-state index in [1.165, 1.54) is 11.8 Å². The molecule has 0 unspecified atom stereocenters. The summed E-state index contributed by atoms with van der Waals surface area (Å²) in [5.74, 6) is 2.00. The molecule has 0 N–H and O–H groups in total. The Balaban J connectivity index is 1.35. The number of piperazine rings is 1. The van der Waals surface area contributed by atoms with E-state index < -0.39 is 0 Å². The van der Waals surface area contributed by atoms with E-state index in [2.05, 4.69) is 26.7 Å². The van der Waals surface area contributed by atoms with Crippen molar-refractivity contribution < 1.29 is 4.79 Å². The van der Waals surface area contributed by atoms with Crippen LogP contribution in [-0.2, 0) is 4.79 Å². The molecule has 0 atom stereocenters. The molecule has 0 saturated carbocycles. The third-order valence-corrected chi connectivity index (χ3v) is 7.26. The first kappa shape index (κ1) is 22.5. The van der Waals surface area contributed by atoms with Gasteiger partial charge in [0.05, 0.1) is 16.5 Å². The van der Waals surface area contributed by atoms with Crippen molar-refractivity contribution in [2.45, 2.75) is 24.9 Å². The summed E-state index contributed by atoms with van der Waals surface area (Å²) in [5, 5.41) is 1.72. The number of halogens is 2. The van der Waals surface area contributed by atoms with Gasteiger partial charge in [-0.05, 0) is 30.9 Å². The van der Waals surface area contributed by atoms with Crippen LogP contribution in [0, 0.1) is 5.92 Å². The maximum Gasteiger partial charge on any atom is 0.233 e. The summed E-state index contributed by atoms with van der Waals surface area (Å²) in [5.41, 5.74) is 1.06. The highest BCUT2D eigenvalue weighted by Gasteiger charge is 2.23. The zero-order valence-corrected chi connectivity index (χ0v) is 20.0. The van der Waals surface area contributed by atoms with E-state index in [-0.39, 0.29) is 5.91 Å². The van der Waals surface area contributed by atoms with Gasteiger partial charge in [0.2, 0.25) is 5.91 Å². The highest BCUT2D eigenvalue weighted by Crippen LogP contribution is 2.28. The predicted octanol–water partition coefficient (Wildman–Crippen LogP) is 4.46. The van der Waals surface area contributed by atoms with E-state index in [0.29, 0.717) is 22.0 Å². The molecule has 0 radical (unpaired) electrons. The van der Waals surface area contributed by atoms with Crippen LogP contribution in [0.15, 0.2) is 35.5 Å². The molecule has 4 rings (SSSR count). The molecule has 1 aromatic heterocycles. The van der Waals surface area contributed by atoms with Crippen LogP contribution >= 0.6 is 35.0 Å². The fourth-order valence-electron chi connectivity index (χ4n) is 3.97. The van der Waals surface area contributed by atoms with Crippen molar-refractivity contribution in [3.05, 3.63) is 40.5 Å². The molecule has 0 spiro atoms. The molecule has 31 heavy (non-hydrogen) atoms. The number of anilines is 2. The smallest absolute Gasteiger partial charge is 0.233 e. The Morgan fingerprint density at radius 2 is 1.71 bits per heavy atom. The Bertz CT molecular complexity index is 915. The summed E-state index contributed by atoms with van der Waals surface area (Å²) in [6.45, 7) is 7.25. The molecule has 2 aliphatic heterocycles. The number of rotatable bonds is 5. The summed E-state index contributed by atoms with van der Waals surface area (Å²) in [6.07, 6.45) is 2.16. The van der Waals surface area contributed by atoms with Crippen LogP contribution < -0.4 is 9.80 Å². The number of carbonyl (C=O) groups is 1. The Kier molecular flexibility index (Phi) is 7.46. The second-order valence-corrected chi connectivity index (χ2v) is 9.85. The molecule has 1 aromatic carbocycles. The van der Waals surface area contributed by atoms with E-state index in [0.717, 1.165) is 68.6 Å². The lowest BCUT2D eigenvalue weighted by Crippen LogP contribution is -2.47. The molecule has 2 aromatic rings. The van der Waals surface area contributed by atoms with Crippen molar-refractivity contribution in [3.63, 3.8) is 0 Å². The topological polar surface area (TPSA) is 52.6 Å². The van der Waals surface area contributed by atoms with Gasteiger partial charge in [-0.3, -0.25) is 4.79 Å². The van der Waals surface area contributed by atoms with Gasteiger partial charge in [-0.2, -0.15) is 0 Å². The summed E-state index contributed by atoms with van der Waals surface area (Å²) in [4.78, 5) is 28.0. The molecule has 0 aliphatic carbocycles. The Hall–Kier alpha value is -1.70. The van der Waals surface area contributed by atoms with Crippen LogP contribution in [0.25, 0.3) is 0 Å². The minimum Gasteiger partial charge on any atom is -0.367 e. The fraction of sp³-hybridized carbons (Fsp3) is 0.500. The summed E-state index contributed by atoms with van der Waals surface area (Å²) in [7, 11) is 0. The standard InChI is InChI=1S/C22H27Cl2N5OS/c1-16-6-8-29(9-7-16)21(30)15-31-22-25-19(24)14-20(26-22)28-12-10-27(11-13-28)18-5-3-2-4-17(18)23/h2-5,14,16H,6-13,15H2,1H3. The molecule has 2 fully saturated rings. The minimum atomic E-state index is 0.148. The Morgan fingerprint density at radius 3 is 2.42 bits per heavy atom. The van der Waals surface area contributed by atoms with Gasteiger partial charge in [0.1, 0.15) is 11.0 Å². The van der Waals surface area contributed by atoms with E-state index in [4.69, 9.17) is 23.2 Å². The van der Waals surface area contributed by atoms with Crippen molar-refractivity contribution in [3.8, 4) is 0 Å². The van der Waals surface area contributed by atoms with Crippen LogP contribution in [0.1, 0.15) is 19.8 Å². The molecule has 6 nitrogen and oxygen atoms in total. The molecular weight excluding hydrogens is 453 g/mol. The maximum absolute atomic E-state index is 12.5. The first-order valence-electron chi connectivity index (χ1n) is 10.7. The lowest BCUT2D eigenvalue weighted by Gasteiger charge is -2.37. The van der Waals surface area contributed by atoms with Crippen LogP contribution in [0.3, 0.4) is 0 Å². The first-order chi connectivity index (χ1) is 15.0. The van der Waals surface area contributed by atoms with Gasteiger partial charge in [-0.1, -0.05) is 54.0 Å². The third-order valence-electron chi connectivity index (χ3n) is 5.92. The molecule has 0 bridgehead atoms. The molecule has 3 heterocycles. The summed E-state index contributed by atoms with van der Waals surface area (Å²) >= 11 is 14.0. The van der Waals surface area contributed by atoms with Crippen molar-refractivity contribution in [1.82, 2.24) is 14.9 Å². The number of piperidine rings is 1. The summed E-state index contributed by atoms with van der Waals surface area (Å²) in [6, 6.07) is 9.72. The van der Waals surface area contributed by atoms with Gasteiger partial charge in [0.15, 0.2) is 5.16 Å². The number of amides is 1. The normalized spacial score (nSPS) is 17.8. The molecule has 2 aliphatic rings. The van der Waals surface area contributed by atoms with Gasteiger partial charge in [0.25, 0.3) is 0 Å². The number of benzene rings is 1. The number of nitrogens with zero attached hydrogens (tertiary/aromatic N) is 5. The monoisotopic (exact) mass is 479 g/mol. The van der Waals surface area contributed by atoms with Crippen molar-refractivity contribution >= 4 is 52.4 Å². The molecular formula is C22H27Cl2N5OS. The molecule has 166 valence electrons. The number of thioether (sulfide) groups is 1. The summed E-state index contributed by atoms with van der Waals surface area (Å²) < 4.78 is 0. The number of hydrogen-bond acceptors (Lipinski definition) is 6. The van der Waals surface area contributed by atoms with Crippen LogP contribution in [0.5, 0.6) is 0 Å². The van der Waals surface area contributed by atoms with Crippen molar-refractivity contribution in [2.75, 3.05) is 54.8 Å². The van der Waals surface area contributed by atoms with Crippen LogP contribution in [0.2, 0.25) is 10.2 Å². The highest BCUT2D eigenvalue weighted by atomic mass is 35.5. The molecule has 9 heteroatoms. The van der Waals surface area contributed by atoms with Gasteiger partial charge in [0, 0.05) is 45.3 Å². The predicted molar refractivity (Wildman–Crippen MR) is 129 cm³/mol. The molecule has 1 amide bonds. The lowest BCUT2D eigenvalue weighted by molar-refractivity contribution is -0.129. The van der Waals surface area contributed by atoms with E-state index in [1.54, 1.807) is 6.07 Å². The average Bonchev–Trinajstić information content (AvgIpc) is 2.78. The van der Waals surface area contributed by atoms with Gasteiger partial charge < -0.3 is 14.7 Å². The van der Waals surface area contributed by atoms with Crippen LogP contribution in [0.4, 0.5) is 11.5 Å². The minimum absolute atomic E-state index is 0.148.